The molecule has 0 unspecified atom stereocenters. The first-order valence-electron chi connectivity index (χ1n) is 8.92. The van der Waals surface area contributed by atoms with Crippen LogP contribution in [0.4, 0.5) is 0 Å². The second kappa shape index (κ2) is 7.11. The van der Waals surface area contributed by atoms with Crippen molar-refractivity contribution in [3.8, 4) is 5.75 Å². The zero-order valence-electron chi connectivity index (χ0n) is 14.6. The van der Waals surface area contributed by atoms with Crippen molar-refractivity contribution in [3.05, 3.63) is 97.9 Å². The molecule has 0 saturated carbocycles. The summed E-state index contributed by atoms with van der Waals surface area (Å²) in [7, 11) is 0. The molecule has 2 heterocycles. The van der Waals surface area contributed by atoms with Crippen molar-refractivity contribution >= 4 is 44.8 Å². The van der Waals surface area contributed by atoms with Crippen LogP contribution in [0.5, 0.6) is 5.75 Å². The molecule has 3 aromatic carbocycles. The molecule has 2 atom stereocenters. The van der Waals surface area contributed by atoms with E-state index >= 15 is 0 Å². The Morgan fingerprint density at radius 3 is 2.50 bits per heavy atom. The normalized spacial score (nSPS) is 20.2. The van der Waals surface area contributed by atoms with Crippen molar-refractivity contribution < 1.29 is 4.74 Å². The Balaban J connectivity index is 1.63. The van der Waals surface area contributed by atoms with Crippen molar-refractivity contribution in [2.75, 3.05) is 0 Å². The lowest BCUT2D eigenvalue weighted by atomic mass is 9.96. The van der Waals surface area contributed by atoms with Gasteiger partial charge in [-0.25, -0.2) is 5.01 Å². The Bertz CT molecular complexity index is 1070. The summed E-state index contributed by atoms with van der Waals surface area (Å²) in [6, 6.07) is 22.0. The van der Waals surface area contributed by atoms with Crippen LogP contribution in [0.15, 0.2) is 76.3 Å². The van der Waals surface area contributed by atoms with E-state index in [-0.39, 0.29) is 12.3 Å². The Labute approximate surface area is 181 Å². The summed E-state index contributed by atoms with van der Waals surface area (Å²) in [5.74, 6) is 0.688. The number of fused-ring (bicyclic) bond motifs is 3. The molecule has 140 valence electrons. The lowest BCUT2D eigenvalue weighted by Crippen LogP contribution is -2.33. The van der Waals surface area contributed by atoms with E-state index in [2.05, 4.69) is 28.1 Å². The maximum atomic E-state index is 6.49. The average molecular weight is 474 g/mol. The van der Waals surface area contributed by atoms with Crippen LogP contribution in [0.1, 0.15) is 35.4 Å². The minimum Gasteiger partial charge on any atom is -0.463 e. The highest BCUT2D eigenvalue weighted by atomic mass is 79.9. The first kappa shape index (κ1) is 18.0. The molecule has 28 heavy (non-hydrogen) atoms. The quantitative estimate of drug-likeness (QED) is 0.400. The van der Waals surface area contributed by atoms with E-state index in [1.807, 2.05) is 53.5 Å². The fraction of sp³-hybridized carbons (Fsp3) is 0.136. The van der Waals surface area contributed by atoms with Gasteiger partial charge in [0.25, 0.3) is 0 Å². The molecule has 0 aliphatic carbocycles. The van der Waals surface area contributed by atoms with E-state index in [0.29, 0.717) is 15.8 Å². The van der Waals surface area contributed by atoms with Crippen LogP contribution >= 0.6 is 39.1 Å². The average Bonchev–Trinajstić information content (AvgIpc) is 3.14. The lowest BCUT2D eigenvalue weighted by Gasteiger charge is -2.38. The Morgan fingerprint density at radius 2 is 1.75 bits per heavy atom. The molecule has 0 amide bonds. The number of hydrazone groups is 1. The predicted molar refractivity (Wildman–Crippen MR) is 116 cm³/mol. The van der Waals surface area contributed by atoms with Gasteiger partial charge in [0.1, 0.15) is 5.75 Å². The highest BCUT2D eigenvalue weighted by molar-refractivity contribution is 9.10. The number of nitrogens with zero attached hydrogens (tertiary/aromatic N) is 2. The molecule has 2 aliphatic heterocycles. The summed E-state index contributed by atoms with van der Waals surface area (Å²) >= 11 is 16.3. The molecule has 0 N–H and O–H groups in total. The van der Waals surface area contributed by atoms with E-state index in [4.69, 9.17) is 33.0 Å². The molecular weight excluding hydrogens is 459 g/mol. The summed E-state index contributed by atoms with van der Waals surface area (Å²) in [5.41, 5.74) is 4.12. The van der Waals surface area contributed by atoms with Gasteiger partial charge in [0.2, 0.25) is 6.23 Å². The first-order valence-corrected chi connectivity index (χ1v) is 10.5. The van der Waals surface area contributed by atoms with Gasteiger partial charge in [0.15, 0.2) is 0 Å². The Morgan fingerprint density at radius 1 is 1.00 bits per heavy atom. The van der Waals surface area contributed by atoms with Gasteiger partial charge in [0, 0.05) is 27.0 Å². The second-order valence-electron chi connectivity index (χ2n) is 6.84. The summed E-state index contributed by atoms with van der Waals surface area (Å²) in [6.45, 7) is 0. The minimum absolute atomic E-state index is 0.0174. The van der Waals surface area contributed by atoms with Crippen molar-refractivity contribution in [3.63, 3.8) is 0 Å². The summed E-state index contributed by atoms with van der Waals surface area (Å²) in [4.78, 5) is 0. The molecule has 2 aliphatic rings. The lowest BCUT2D eigenvalue weighted by molar-refractivity contribution is -0.0189. The highest BCUT2D eigenvalue weighted by Gasteiger charge is 2.41. The van der Waals surface area contributed by atoms with E-state index in [1.54, 1.807) is 6.07 Å². The van der Waals surface area contributed by atoms with E-state index < -0.39 is 0 Å². The van der Waals surface area contributed by atoms with Crippen LogP contribution in [0.2, 0.25) is 10.0 Å². The van der Waals surface area contributed by atoms with Gasteiger partial charge in [-0.15, -0.1) is 0 Å². The number of rotatable bonds is 2. The van der Waals surface area contributed by atoms with Crippen LogP contribution in [-0.2, 0) is 0 Å². The maximum absolute atomic E-state index is 6.49. The third-order valence-corrected chi connectivity index (χ3v) is 6.10. The Kier molecular flexibility index (Phi) is 4.58. The SMILES string of the molecule is Clc1cc(Cl)c2c(c1)[C@@H]1CC(c3ccc(Br)cc3)=NN1[C@@H](c1ccccc1)O2. The van der Waals surface area contributed by atoms with Crippen molar-refractivity contribution in [1.29, 1.82) is 0 Å². The Hall–Kier alpha value is -2.01. The number of halogens is 3. The van der Waals surface area contributed by atoms with Gasteiger partial charge in [-0.2, -0.15) is 5.10 Å². The van der Waals surface area contributed by atoms with Gasteiger partial charge in [-0.1, -0.05) is 81.6 Å². The molecule has 0 fully saturated rings. The van der Waals surface area contributed by atoms with Crippen LogP contribution in [-0.4, -0.2) is 10.7 Å². The van der Waals surface area contributed by atoms with E-state index in [0.717, 1.165) is 33.3 Å². The largest absolute Gasteiger partial charge is 0.463 e. The summed E-state index contributed by atoms with van der Waals surface area (Å²) < 4.78 is 7.39. The molecule has 0 radical (unpaired) electrons. The van der Waals surface area contributed by atoms with Gasteiger partial charge < -0.3 is 4.74 Å². The number of hydrogen-bond donors (Lipinski definition) is 0. The molecule has 5 rings (SSSR count). The zero-order valence-corrected chi connectivity index (χ0v) is 17.7. The van der Waals surface area contributed by atoms with E-state index in [1.165, 1.54) is 0 Å². The minimum atomic E-state index is -0.342. The number of hydrogen-bond acceptors (Lipinski definition) is 3. The predicted octanol–water partition coefficient (Wildman–Crippen LogP) is 7.00. The van der Waals surface area contributed by atoms with Crippen LogP contribution in [0.25, 0.3) is 0 Å². The summed E-state index contributed by atoms with van der Waals surface area (Å²) in [6.07, 6.45) is 0.420. The van der Waals surface area contributed by atoms with Crippen LogP contribution in [0.3, 0.4) is 0 Å². The molecule has 0 bridgehead atoms. The second-order valence-corrected chi connectivity index (χ2v) is 8.60. The molecule has 3 aromatic rings. The van der Waals surface area contributed by atoms with Crippen molar-refractivity contribution in [1.82, 2.24) is 5.01 Å². The smallest absolute Gasteiger partial charge is 0.213 e. The molecular formula is C22H15BrCl2N2O. The molecule has 0 spiro atoms. The zero-order chi connectivity index (χ0) is 19.3. The van der Waals surface area contributed by atoms with Gasteiger partial charge >= 0.3 is 0 Å². The van der Waals surface area contributed by atoms with Crippen LogP contribution in [0, 0.1) is 0 Å². The number of ether oxygens (including phenoxy) is 1. The molecule has 3 nitrogen and oxygen atoms in total. The molecule has 0 saturated heterocycles. The van der Waals surface area contributed by atoms with E-state index in [9.17, 15) is 0 Å². The van der Waals surface area contributed by atoms with Crippen molar-refractivity contribution in [2.45, 2.75) is 18.7 Å². The first-order chi connectivity index (χ1) is 13.6. The fourth-order valence-corrected chi connectivity index (χ4v) is 4.59. The maximum Gasteiger partial charge on any atom is 0.213 e. The third kappa shape index (κ3) is 3.10. The summed E-state index contributed by atoms with van der Waals surface area (Å²) in [5, 5.41) is 8.11. The van der Waals surface area contributed by atoms with Gasteiger partial charge in [-0.3, -0.25) is 0 Å². The highest BCUT2D eigenvalue weighted by Crippen LogP contribution is 2.50. The third-order valence-electron chi connectivity index (χ3n) is 5.07. The monoisotopic (exact) mass is 472 g/mol. The van der Waals surface area contributed by atoms with Crippen LogP contribution < -0.4 is 4.74 Å². The fourth-order valence-electron chi connectivity index (χ4n) is 3.77. The molecule has 6 heteroatoms. The van der Waals surface area contributed by atoms with Gasteiger partial charge in [0.05, 0.1) is 16.8 Å². The number of benzene rings is 3. The van der Waals surface area contributed by atoms with Crippen molar-refractivity contribution in [2.24, 2.45) is 5.10 Å². The standard InChI is InChI=1S/C22H15BrCl2N2O/c23-15-8-6-13(7-9-15)19-12-20-17-10-16(24)11-18(25)21(17)28-22(27(20)26-19)14-4-2-1-3-5-14/h1-11,20,22H,12H2/t20-,22+/m0/s1. The van der Waals surface area contributed by atoms with Gasteiger partial charge in [-0.05, 0) is 29.8 Å². The molecule has 0 aromatic heterocycles. The topological polar surface area (TPSA) is 24.8 Å².